The number of morpholine rings is 1. The van der Waals surface area contributed by atoms with Gasteiger partial charge in [-0.3, -0.25) is 9.59 Å². The Labute approximate surface area is 202 Å². The fraction of sp³-hybridized carbons (Fsp3) is 0.333. The van der Waals surface area contributed by atoms with Gasteiger partial charge in [-0.1, -0.05) is 47.2 Å². The third kappa shape index (κ3) is 4.87. The van der Waals surface area contributed by atoms with Crippen molar-refractivity contribution >= 4 is 40.7 Å². The average Bonchev–Trinajstić information content (AvgIpc) is 3.07. The van der Waals surface area contributed by atoms with E-state index in [2.05, 4.69) is 0 Å². The summed E-state index contributed by atoms with van der Waals surface area (Å²) in [5, 5.41) is 14.2. The van der Waals surface area contributed by atoms with E-state index in [1.165, 1.54) is 16.9 Å². The Hall–Kier alpha value is -2.58. The van der Waals surface area contributed by atoms with Crippen LogP contribution in [0.2, 0.25) is 10.0 Å². The van der Waals surface area contributed by atoms with Crippen LogP contribution in [0, 0.1) is 0 Å². The van der Waals surface area contributed by atoms with Gasteiger partial charge in [0, 0.05) is 15.6 Å². The van der Waals surface area contributed by atoms with Crippen LogP contribution in [0.3, 0.4) is 0 Å². The average molecular weight is 491 g/mol. The molecule has 2 aliphatic rings. The molecule has 1 amide bonds. The highest BCUT2D eigenvalue weighted by Gasteiger charge is 2.45. The SMILES string of the molecule is COc1ccc(/C([O-])=C2\C(=O)C(=O)N(CC[NH+]3CCOCC3)C2c2ccc(Cl)cc2Cl)cc1. The van der Waals surface area contributed by atoms with Crippen LogP contribution in [0.4, 0.5) is 0 Å². The normalized spacial score (nSPS) is 20.9. The lowest BCUT2D eigenvalue weighted by atomic mass is 9.95. The smallest absolute Gasteiger partial charge is 0.295 e. The highest BCUT2D eigenvalue weighted by atomic mass is 35.5. The van der Waals surface area contributed by atoms with Gasteiger partial charge in [0.25, 0.3) is 5.91 Å². The van der Waals surface area contributed by atoms with E-state index in [1.807, 2.05) is 0 Å². The molecule has 2 fully saturated rings. The van der Waals surface area contributed by atoms with E-state index in [4.69, 9.17) is 32.7 Å². The topological polar surface area (TPSA) is 83.3 Å². The molecule has 7 nitrogen and oxygen atoms in total. The summed E-state index contributed by atoms with van der Waals surface area (Å²) in [5.74, 6) is -1.43. The van der Waals surface area contributed by atoms with Crippen molar-refractivity contribution in [1.82, 2.24) is 4.90 Å². The molecule has 0 saturated carbocycles. The van der Waals surface area contributed by atoms with Gasteiger partial charge in [0.15, 0.2) is 0 Å². The van der Waals surface area contributed by atoms with E-state index >= 15 is 0 Å². The number of quaternary nitrogens is 1. The van der Waals surface area contributed by atoms with Gasteiger partial charge in [0.2, 0.25) is 5.78 Å². The van der Waals surface area contributed by atoms with Gasteiger partial charge in [0.1, 0.15) is 18.8 Å². The number of benzene rings is 2. The van der Waals surface area contributed by atoms with Crippen molar-refractivity contribution in [3.8, 4) is 5.75 Å². The van der Waals surface area contributed by atoms with Gasteiger partial charge in [-0.15, -0.1) is 0 Å². The van der Waals surface area contributed by atoms with E-state index in [0.717, 1.165) is 13.1 Å². The summed E-state index contributed by atoms with van der Waals surface area (Å²) in [6.07, 6.45) is 0. The monoisotopic (exact) mass is 490 g/mol. The minimum absolute atomic E-state index is 0.105. The summed E-state index contributed by atoms with van der Waals surface area (Å²) in [6.45, 7) is 3.90. The maximum atomic E-state index is 13.4. The van der Waals surface area contributed by atoms with Crippen LogP contribution in [0.25, 0.3) is 5.76 Å². The fourth-order valence-corrected chi connectivity index (χ4v) is 4.75. The molecule has 2 heterocycles. The molecule has 0 bridgehead atoms. The zero-order valence-electron chi connectivity index (χ0n) is 18.1. The molecule has 2 aliphatic heterocycles. The second kappa shape index (κ2) is 10.1. The number of ether oxygens (including phenoxy) is 2. The Morgan fingerprint density at radius 1 is 1.15 bits per heavy atom. The summed E-state index contributed by atoms with van der Waals surface area (Å²) in [4.78, 5) is 28.9. The van der Waals surface area contributed by atoms with Crippen molar-refractivity contribution in [3.05, 3.63) is 69.2 Å². The first kappa shape index (κ1) is 23.6. The Kier molecular flexibility index (Phi) is 7.24. The van der Waals surface area contributed by atoms with Crippen LogP contribution in [0.15, 0.2) is 48.0 Å². The summed E-state index contributed by atoms with van der Waals surface area (Å²) >= 11 is 12.5. The first-order valence-electron chi connectivity index (χ1n) is 10.7. The Bertz CT molecular complexity index is 1080. The third-order valence-electron chi connectivity index (χ3n) is 6.04. The molecule has 0 radical (unpaired) electrons. The molecule has 2 aromatic carbocycles. The molecule has 0 spiro atoms. The van der Waals surface area contributed by atoms with Gasteiger partial charge >= 0.3 is 0 Å². The maximum Gasteiger partial charge on any atom is 0.295 e. The predicted octanol–water partition coefficient (Wildman–Crippen LogP) is 1.14. The summed E-state index contributed by atoms with van der Waals surface area (Å²) in [5.41, 5.74) is 0.683. The molecular formula is C24H24Cl2N2O5. The molecule has 2 aromatic rings. The largest absolute Gasteiger partial charge is 0.872 e. The highest BCUT2D eigenvalue weighted by molar-refractivity contribution is 6.47. The molecule has 0 aromatic heterocycles. The Morgan fingerprint density at radius 3 is 2.48 bits per heavy atom. The van der Waals surface area contributed by atoms with Crippen LogP contribution in [-0.4, -0.2) is 63.1 Å². The third-order valence-corrected chi connectivity index (χ3v) is 6.61. The first-order valence-corrected chi connectivity index (χ1v) is 11.4. The lowest BCUT2D eigenvalue weighted by Crippen LogP contribution is -3.14. The number of ketones is 1. The number of methoxy groups -OCH3 is 1. The standard InChI is InChI=1S/C24H24Cl2N2O5/c1-32-17-5-2-15(3-6-17)22(29)20-21(18-7-4-16(25)14-19(18)26)28(24(31)23(20)30)9-8-27-10-12-33-13-11-27/h2-7,14,21,29H,8-13H2,1H3/b22-20+. The first-order chi connectivity index (χ1) is 15.9. The summed E-state index contributed by atoms with van der Waals surface area (Å²) in [6, 6.07) is 10.4. The predicted molar refractivity (Wildman–Crippen MR) is 122 cm³/mol. The summed E-state index contributed by atoms with van der Waals surface area (Å²) in [7, 11) is 1.53. The van der Waals surface area contributed by atoms with Gasteiger partial charge in [-0.05, 0) is 35.4 Å². The van der Waals surface area contributed by atoms with E-state index in [1.54, 1.807) is 42.5 Å². The Balaban J connectivity index is 1.76. The van der Waals surface area contributed by atoms with Crippen LogP contribution in [0.5, 0.6) is 5.75 Å². The lowest BCUT2D eigenvalue weighted by Gasteiger charge is -2.30. The van der Waals surface area contributed by atoms with Gasteiger partial charge in [-0.25, -0.2) is 0 Å². The number of halogens is 2. The molecule has 33 heavy (non-hydrogen) atoms. The van der Waals surface area contributed by atoms with E-state index < -0.39 is 23.5 Å². The number of carbonyl (C=O) groups is 2. The van der Waals surface area contributed by atoms with Crippen molar-refractivity contribution in [2.45, 2.75) is 6.04 Å². The second-order valence-electron chi connectivity index (χ2n) is 7.98. The quantitative estimate of drug-likeness (QED) is 0.373. The minimum Gasteiger partial charge on any atom is -0.872 e. The highest BCUT2D eigenvalue weighted by Crippen LogP contribution is 2.41. The summed E-state index contributed by atoms with van der Waals surface area (Å²) < 4.78 is 10.5. The van der Waals surface area contributed by atoms with E-state index in [0.29, 0.717) is 53.2 Å². The molecular weight excluding hydrogens is 467 g/mol. The number of amides is 1. The number of rotatable bonds is 6. The van der Waals surface area contributed by atoms with Gasteiger partial charge < -0.3 is 24.4 Å². The fourth-order valence-electron chi connectivity index (χ4n) is 4.23. The molecule has 2 saturated heterocycles. The van der Waals surface area contributed by atoms with Crippen molar-refractivity contribution in [2.24, 2.45) is 0 Å². The number of likely N-dealkylation sites (tertiary alicyclic amines) is 1. The zero-order chi connectivity index (χ0) is 23.5. The van der Waals surface area contributed by atoms with Crippen molar-refractivity contribution < 1.29 is 29.1 Å². The number of nitrogens with one attached hydrogen (secondary N) is 1. The van der Waals surface area contributed by atoms with Crippen molar-refractivity contribution in [1.29, 1.82) is 0 Å². The molecule has 1 atom stereocenters. The Morgan fingerprint density at radius 2 is 1.85 bits per heavy atom. The number of carbonyl (C=O) groups excluding carboxylic acids is 2. The van der Waals surface area contributed by atoms with Crippen LogP contribution in [-0.2, 0) is 14.3 Å². The number of hydrogen-bond acceptors (Lipinski definition) is 5. The number of nitrogens with zero attached hydrogens (tertiary/aromatic N) is 1. The minimum atomic E-state index is -0.884. The van der Waals surface area contributed by atoms with Crippen molar-refractivity contribution in [2.75, 3.05) is 46.5 Å². The second-order valence-corrected chi connectivity index (χ2v) is 8.82. The molecule has 0 aliphatic carbocycles. The molecule has 1 unspecified atom stereocenters. The van der Waals surface area contributed by atoms with Crippen LogP contribution in [0.1, 0.15) is 17.2 Å². The molecule has 9 heteroatoms. The van der Waals surface area contributed by atoms with Gasteiger partial charge in [0.05, 0.1) is 39.5 Å². The molecule has 1 N–H and O–H groups in total. The lowest BCUT2D eigenvalue weighted by molar-refractivity contribution is -0.907. The van der Waals surface area contributed by atoms with E-state index in [-0.39, 0.29) is 5.57 Å². The van der Waals surface area contributed by atoms with Gasteiger partial charge in [-0.2, -0.15) is 0 Å². The molecule has 174 valence electrons. The maximum absolute atomic E-state index is 13.4. The van der Waals surface area contributed by atoms with E-state index in [9.17, 15) is 14.7 Å². The van der Waals surface area contributed by atoms with Crippen LogP contribution >= 0.6 is 23.2 Å². The molecule has 4 rings (SSSR count). The van der Waals surface area contributed by atoms with Crippen LogP contribution < -0.4 is 14.7 Å². The zero-order valence-corrected chi connectivity index (χ0v) is 19.6. The number of hydrogen-bond donors (Lipinski definition) is 1. The van der Waals surface area contributed by atoms with Crippen molar-refractivity contribution in [3.63, 3.8) is 0 Å². The number of Topliss-reactive ketones (excluding diaryl/α,β-unsaturated/α-hetero) is 1.